The van der Waals surface area contributed by atoms with Crippen LogP contribution in [0.2, 0.25) is 0 Å². The van der Waals surface area contributed by atoms with Gasteiger partial charge in [-0.25, -0.2) is 8.42 Å². The number of rotatable bonds is 6. The van der Waals surface area contributed by atoms with Crippen molar-refractivity contribution in [3.63, 3.8) is 0 Å². The highest BCUT2D eigenvalue weighted by atomic mass is 32.2. The maximum Gasteiger partial charge on any atom is 0.304 e. The molecule has 1 N–H and O–H groups in total. The highest BCUT2D eigenvalue weighted by Gasteiger charge is 2.29. The molecule has 0 aromatic carbocycles. The zero-order valence-corrected chi connectivity index (χ0v) is 10.8. The average molecular weight is 265 g/mol. The van der Waals surface area contributed by atoms with E-state index in [0.29, 0.717) is 19.7 Å². The lowest BCUT2D eigenvalue weighted by atomic mass is 10.1. The Kier molecular flexibility index (Phi) is 5.35. The van der Waals surface area contributed by atoms with Crippen LogP contribution in [0.1, 0.15) is 26.2 Å². The van der Waals surface area contributed by atoms with Crippen LogP contribution in [0.4, 0.5) is 0 Å². The third kappa shape index (κ3) is 4.61. The van der Waals surface area contributed by atoms with Gasteiger partial charge in [0.15, 0.2) is 0 Å². The molecule has 1 rings (SSSR count). The molecule has 1 saturated heterocycles. The second-order valence-electron chi connectivity index (χ2n) is 4.04. The molecule has 0 amide bonds. The molecule has 1 aliphatic rings. The molecule has 0 aliphatic carbocycles. The Labute approximate surface area is 102 Å². The van der Waals surface area contributed by atoms with Crippen LogP contribution in [0.5, 0.6) is 0 Å². The number of piperidine rings is 1. The molecule has 17 heavy (non-hydrogen) atoms. The van der Waals surface area contributed by atoms with E-state index in [1.807, 2.05) is 6.92 Å². The first-order valence-corrected chi connectivity index (χ1v) is 7.38. The summed E-state index contributed by atoms with van der Waals surface area (Å²) < 4.78 is 30.5. The third-order valence-electron chi connectivity index (χ3n) is 2.71. The van der Waals surface area contributed by atoms with Crippen molar-refractivity contribution in [1.82, 2.24) is 4.31 Å². The van der Waals surface area contributed by atoms with Crippen LogP contribution in [0.25, 0.3) is 0 Å². The maximum absolute atomic E-state index is 11.8. The molecule has 1 fully saturated rings. The number of hydrogen-bond acceptors (Lipinski definition) is 4. The molecule has 0 radical (unpaired) electrons. The van der Waals surface area contributed by atoms with E-state index in [0.717, 1.165) is 12.8 Å². The number of ether oxygens (including phenoxy) is 1. The van der Waals surface area contributed by atoms with Crippen molar-refractivity contribution in [3.8, 4) is 0 Å². The summed E-state index contributed by atoms with van der Waals surface area (Å²) in [5.74, 6) is -1.42. The minimum absolute atomic E-state index is 0.0617. The lowest BCUT2D eigenvalue weighted by molar-refractivity contribution is -0.136. The van der Waals surface area contributed by atoms with E-state index >= 15 is 0 Å². The van der Waals surface area contributed by atoms with E-state index in [4.69, 9.17) is 9.84 Å². The Morgan fingerprint density at radius 3 is 2.82 bits per heavy atom. The SMILES string of the molecule is CCOC1CCCN(S(=O)(=O)CCC(=O)O)C1. The van der Waals surface area contributed by atoms with Gasteiger partial charge in [-0.3, -0.25) is 4.79 Å². The molecule has 7 heteroatoms. The molecule has 0 saturated carbocycles. The third-order valence-corrected chi connectivity index (χ3v) is 4.55. The molecule has 6 nitrogen and oxygen atoms in total. The number of carbonyl (C=O) groups is 1. The summed E-state index contributed by atoms with van der Waals surface area (Å²) >= 11 is 0. The second kappa shape index (κ2) is 6.32. The number of carboxylic acids is 1. The lowest BCUT2D eigenvalue weighted by Crippen LogP contribution is -2.44. The van der Waals surface area contributed by atoms with Gasteiger partial charge in [-0.1, -0.05) is 0 Å². The van der Waals surface area contributed by atoms with Crippen molar-refractivity contribution in [3.05, 3.63) is 0 Å². The Morgan fingerprint density at radius 1 is 1.53 bits per heavy atom. The topological polar surface area (TPSA) is 83.9 Å². The number of sulfonamides is 1. The molecule has 0 spiro atoms. The van der Waals surface area contributed by atoms with Crippen LogP contribution in [-0.2, 0) is 19.6 Å². The van der Waals surface area contributed by atoms with Gasteiger partial charge in [0.25, 0.3) is 0 Å². The van der Waals surface area contributed by atoms with E-state index in [9.17, 15) is 13.2 Å². The van der Waals surface area contributed by atoms with Gasteiger partial charge in [0, 0.05) is 19.7 Å². The maximum atomic E-state index is 11.8. The van der Waals surface area contributed by atoms with Crippen molar-refractivity contribution in [2.75, 3.05) is 25.4 Å². The smallest absolute Gasteiger partial charge is 0.304 e. The van der Waals surface area contributed by atoms with Crippen LogP contribution >= 0.6 is 0 Å². The first kappa shape index (κ1) is 14.4. The molecule has 1 heterocycles. The molecule has 1 unspecified atom stereocenters. The molecule has 100 valence electrons. The van der Waals surface area contributed by atoms with Gasteiger partial charge in [0.05, 0.1) is 18.3 Å². The fourth-order valence-corrected chi connectivity index (χ4v) is 3.37. The summed E-state index contributed by atoms with van der Waals surface area (Å²) in [4.78, 5) is 10.4. The minimum Gasteiger partial charge on any atom is -0.481 e. The van der Waals surface area contributed by atoms with Crippen molar-refractivity contribution < 1.29 is 23.1 Å². The van der Waals surface area contributed by atoms with Crippen molar-refractivity contribution in [2.45, 2.75) is 32.3 Å². The standard InChI is InChI=1S/C10H19NO5S/c1-2-16-9-4-3-6-11(8-9)17(14,15)7-5-10(12)13/h9H,2-8H2,1H3,(H,12,13). The molecule has 0 aromatic rings. The summed E-state index contributed by atoms with van der Waals surface area (Å²) in [5, 5.41) is 8.50. The predicted octanol–water partition coefficient (Wildman–Crippen LogP) is 0.292. The molecular formula is C10H19NO5S. The van der Waals surface area contributed by atoms with Gasteiger partial charge in [0.1, 0.15) is 0 Å². The van der Waals surface area contributed by atoms with E-state index in [1.54, 1.807) is 0 Å². The molecule has 0 aromatic heterocycles. The fourth-order valence-electron chi connectivity index (χ4n) is 1.87. The molecule has 1 atom stereocenters. The highest BCUT2D eigenvalue weighted by molar-refractivity contribution is 7.89. The summed E-state index contributed by atoms with van der Waals surface area (Å²) in [7, 11) is -3.46. The Balaban J connectivity index is 2.55. The minimum atomic E-state index is -3.46. The number of nitrogens with zero attached hydrogens (tertiary/aromatic N) is 1. The van der Waals surface area contributed by atoms with Crippen LogP contribution in [-0.4, -0.2) is 55.4 Å². The van der Waals surface area contributed by atoms with Gasteiger partial charge in [-0.2, -0.15) is 4.31 Å². The van der Waals surface area contributed by atoms with Crippen LogP contribution in [0.15, 0.2) is 0 Å². The Hall–Kier alpha value is -0.660. The average Bonchev–Trinajstić information content (AvgIpc) is 2.27. The number of carboxylic acid groups (broad SMARTS) is 1. The van der Waals surface area contributed by atoms with Gasteiger partial charge >= 0.3 is 5.97 Å². The Bertz CT molecular complexity index is 352. The van der Waals surface area contributed by atoms with E-state index < -0.39 is 16.0 Å². The fraction of sp³-hybridized carbons (Fsp3) is 0.900. The second-order valence-corrected chi connectivity index (χ2v) is 6.13. The molecule has 1 aliphatic heterocycles. The summed E-state index contributed by atoms with van der Waals surface area (Å²) in [6.07, 6.45) is 1.21. The van der Waals surface area contributed by atoms with E-state index in [-0.39, 0.29) is 18.3 Å². The largest absolute Gasteiger partial charge is 0.481 e. The van der Waals surface area contributed by atoms with Crippen LogP contribution in [0.3, 0.4) is 0 Å². The van der Waals surface area contributed by atoms with Crippen molar-refractivity contribution in [1.29, 1.82) is 0 Å². The lowest BCUT2D eigenvalue weighted by Gasteiger charge is -2.31. The Morgan fingerprint density at radius 2 is 2.24 bits per heavy atom. The summed E-state index contributed by atoms with van der Waals surface area (Å²) in [5.41, 5.74) is 0. The predicted molar refractivity (Wildman–Crippen MR) is 62.3 cm³/mol. The normalized spacial score (nSPS) is 22.5. The van der Waals surface area contributed by atoms with Gasteiger partial charge < -0.3 is 9.84 Å². The van der Waals surface area contributed by atoms with E-state index in [2.05, 4.69) is 0 Å². The van der Waals surface area contributed by atoms with Crippen LogP contribution in [0, 0.1) is 0 Å². The highest BCUT2D eigenvalue weighted by Crippen LogP contribution is 2.17. The summed E-state index contributed by atoms with van der Waals surface area (Å²) in [6.45, 7) is 3.24. The van der Waals surface area contributed by atoms with Gasteiger partial charge in [0.2, 0.25) is 10.0 Å². The first-order chi connectivity index (χ1) is 7.95. The molecule has 0 bridgehead atoms. The van der Waals surface area contributed by atoms with Gasteiger partial charge in [-0.15, -0.1) is 0 Å². The number of aliphatic carboxylic acids is 1. The zero-order valence-electron chi connectivity index (χ0n) is 9.96. The van der Waals surface area contributed by atoms with E-state index in [1.165, 1.54) is 4.31 Å². The number of hydrogen-bond donors (Lipinski definition) is 1. The molecular weight excluding hydrogens is 246 g/mol. The monoisotopic (exact) mass is 265 g/mol. The van der Waals surface area contributed by atoms with Crippen molar-refractivity contribution in [2.24, 2.45) is 0 Å². The van der Waals surface area contributed by atoms with Crippen LogP contribution < -0.4 is 0 Å². The zero-order chi connectivity index (χ0) is 12.9. The summed E-state index contributed by atoms with van der Waals surface area (Å²) in [6, 6.07) is 0. The van der Waals surface area contributed by atoms with Crippen molar-refractivity contribution >= 4 is 16.0 Å². The quantitative estimate of drug-likeness (QED) is 0.746. The first-order valence-electron chi connectivity index (χ1n) is 5.77. The van der Waals surface area contributed by atoms with Gasteiger partial charge in [-0.05, 0) is 19.8 Å².